The van der Waals surface area contributed by atoms with Crippen LogP contribution in [-0.4, -0.2) is 33.9 Å². The maximum Gasteiger partial charge on any atom is 0.244 e. The first kappa shape index (κ1) is 10.7. The first-order valence-corrected chi connectivity index (χ1v) is 4.55. The monoisotopic (exact) mass is 197 g/mol. The highest BCUT2D eigenvalue weighted by atomic mass is 16.3. The summed E-state index contributed by atoms with van der Waals surface area (Å²) in [4.78, 5) is 11.4. The summed E-state index contributed by atoms with van der Waals surface area (Å²) in [7, 11) is 0. The lowest BCUT2D eigenvalue weighted by molar-refractivity contribution is -0.124. The third kappa shape index (κ3) is 2.56. The van der Waals surface area contributed by atoms with Gasteiger partial charge in [-0.15, -0.1) is 0 Å². The Morgan fingerprint density at radius 2 is 2.50 bits per heavy atom. The second kappa shape index (κ2) is 4.76. The molecule has 1 amide bonds. The van der Waals surface area contributed by atoms with Crippen molar-refractivity contribution in [3.05, 3.63) is 18.0 Å². The third-order valence-electron chi connectivity index (χ3n) is 1.93. The molecule has 14 heavy (non-hydrogen) atoms. The number of carbonyl (C=O) groups is 1. The van der Waals surface area contributed by atoms with Crippen molar-refractivity contribution in [1.29, 1.82) is 0 Å². The Morgan fingerprint density at radius 3 is 3.00 bits per heavy atom. The molecule has 1 unspecified atom stereocenters. The minimum absolute atomic E-state index is 0.0450. The number of nitrogens with one attached hydrogen (secondary N) is 1. The molecule has 0 saturated heterocycles. The van der Waals surface area contributed by atoms with Crippen LogP contribution in [0.25, 0.3) is 0 Å². The number of rotatable bonds is 4. The van der Waals surface area contributed by atoms with E-state index >= 15 is 0 Å². The molecule has 1 heterocycles. The lowest BCUT2D eigenvalue weighted by Gasteiger charge is -2.11. The topological polar surface area (TPSA) is 67.2 Å². The van der Waals surface area contributed by atoms with Gasteiger partial charge in [0.05, 0.1) is 12.3 Å². The van der Waals surface area contributed by atoms with Crippen LogP contribution >= 0.6 is 0 Å². The van der Waals surface area contributed by atoms with E-state index in [-0.39, 0.29) is 25.1 Å². The summed E-state index contributed by atoms with van der Waals surface area (Å²) in [6.07, 6.45) is 1.76. The molecule has 0 aromatic carbocycles. The highest BCUT2D eigenvalue weighted by molar-refractivity contribution is 5.79. The van der Waals surface area contributed by atoms with Gasteiger partial charge in [-0.05, 0) is 19.9 Å². The van der Waals surface area contributed by atoms with Crippen LogP contribution in [0.4, 0.5) is 0 Å². The van der Waals surface area contributed by atoms with Gasteiger partial charge in [0.25, 0.3) is 0 Å². The molecule has 78 valence electrons. The molecule has 0 aliphatic heterocycles. The van der Waals surface area contributed by atoms with E-state index in [0.29, 0.717) is 0 Å². The number of aliphatic hydroxyl groups is 1. The number of aryl methyl sites for hydroxylation is 1. The molecule has 1 aromatic rings. The summed E-state index contributed by atoms with van der Waals surface area (Å²) in [5, 5.41) is 15.3. The van der Waals surface area contributed by atoms with E-state index in [4.69, 9.17) is 5.11 Å². The van der Waals surface area contributed by atoms with Crippen molar-refractivity contribution in [1.82, 2.24) is 15.1 Å². The molecule has 5 heteroatoms. The Balaban J connectivity index is 2.56. The number of nitrogens with zero attached hydrogens (tertiary/aromatic N) is 2. The fourth-order valence-corrected chi connectivity index (χ4v) is 1.10. The summed E-state index contributed by atoms with van der Waals surface area (Å²) in [5.41, 5.74) is 0.881. The van der Waals surface area contributed by atoms with Crippen molar-refractivity contribution >= 4 is 5.91 Å². The van der Waals surface area contributed by atoms with Gasteiger partial charge in [0.1, 0.15) is 6.04 Å². The van der Waals surface area contributed by atoms with Crippen molar-refractivity contribution in [3.8, 4) is 0 Å². The number of aromatic nitrogens is 2. The molecule has 5 nitrogen and oxygen atoms in total. The molecule has 1 rings (SSSR count). The lowest BCUT2D eigenvalue weighted by atomic mass is 10.3. The van der Waals surface area contributed by atoms with Crippen LogP contribution in [0.5, 0.6) is 0 Å². The van der Waals surface area contributed by atoms with E-state index in [1.165, 1.54) is 0 Å². The first-order valence-electron chi connectivity index (χ1n) is 4.55. The smallest absolute Gasteiger partial charge is 0.244 e. The maximum atomic E-state index is 11.4. The van der Waals surface area contributed by atoms with Crippen LogP contribution in [-0.2, 0) is 4.79 Å². The van der Waals surface area contributed by atoms with Crippen LogP contribution in [0, 0.1) is 6.92 Å². The van der Waals surface area contributed by atoms with E-state index < -0.39 is 0 Å². The average molecular weight is 197 g/mol. The van der Waals surface area contributed by atoms with Crippen molar-refractivity contribution in [3.63, 3.8) is 0 Å². The predicted molar refractivity (Wildman–Crippen MR) is 51.8 cm³/mol. The van der Waals surface area contributed by atoms with E-state index in [1.807, 2.05) is 13.0 Å². The van der Waals surface area contributed by atoms with Crippen molar-refractivity contribution in [2.24, 2.45) is 0 Å². The van der Waals surface area contributed by atoms with Gasteiger partial charge >= 0.3 is 0 Å². The van der Waals surface area contributed by atoms with Crippen molar-refractivity contribution < 1.29 is 9.90 Å². The van der Waals surface area contributed by atoms with E-state index in [0.717, 1.165) is 5.69 Å². The van der Waals surface area contributed by atoms with Gasteiger partial charge in [0.2, 0.25) is 5.91 Å². The minimum atomic E-state index is -0.338. The average Bonchev–Trinajstić information content (AvgIpc) is 2.60. The first-order chi connectivity index (χ1) is 6.65. The van der Waals surface area contributed by atoms with Crippen LogP contribution in [0.15, 0.2) is 12.3 Å². The highest BCUT2D eigenvalue weighted by Gasteiger charge is 2.14. The Labute approximate surface area is 82.7 Å². The third-order valence-corrected chi connectivity index (χ3v) is 1.93. The molecule has 0 spiro atoms. The van der Waals surface area contributed by atoms with E-state index in [2.05, 4.69) is 10.4 Å². The largest absolute Gasteiger partial charge is 0.395 e. The van der Waals surface area contributed by atoms with Crippen LogP contribution in [0.1, 0.15) is 18.7 Å². The number of hydrogen-bond acceptors (Lipinski definition) is 3. The van der Waals surface area contributed by atoms with Gasteiger partial charge in [-0.2, -0.15) is 5.10 Å². The maximum absolute atomic E-state index is 11.4. The van der Waals surface area contributed by atoms with Crippen LogP contribution in [0.2, 0.25) is 0 Å². The Hall–Kier alpha value is -1.36. The summed E-state index contributed by atoms with van der Waals surface area (Å²) < 4.78 is 1.60. The van der Waals surface area contributed by atoms with Crippen molar-refractivity contribution in [2.45, 2.75) is 19.9 Å². The number of amides is 1. The van der Waals surface area contributed by atoms with Crippen LogP contribution < -0.4 is 5.32 Å². The lowest BCUT2D eigenvalue weighted by Crippen LogP contribution is -2.33. The molecule has 1 aromatic heterocycles. The predicted octanol–water partition coefficient (Wildman–Crippen LogP) is -0.139. The second-order valence-corrected chi connectivity index (χ2v) is 3.13. The van der Waals surface area contributed by atoms with Crippen LogP contribution in [0.3, 0.4) is 0 Å². The molecule has 2 N–H and O–H groups in total. The van der Waals surface area contributed by atoms with E-state index in [9.17, 15) is 4.79 Å². The summed E-state index contributed by atoms with van der Waals surface area (Å²) >= 11 is 0. The SMILES string of the molecule is Cc1ccn(C(C)C(=O)NCCO)n1. The number of carbonyl (C=O) groups excluding carboxylic acids is 1. The van der Waals surface area contributed by atoms with Gasteiger partial charge in [0.15, 0.2) is 0 Å². The molecule has 0 aliphatic rings. The molecule has 0 bridgehead atoms. The number of hydrogen-bond donors (Lipinski definition) is 2. The second-order valence-electron chi connectivity index (χ2n) is 3.13. The van der Waals surface area contributed by atoms with Gasteiger partial charge in [-0.1, -0.05) is 0 Å². The molecule has 0 fully saturated rings. The summed E-state index contributed by atoms with van der Waals surface area (Å²) in [6.45, 7) is 3.87. The van der Waals surface area contributed by atoms with Gasteiger partial charge in [0, 0.05) is 12.7 Å². The van der Waals surface area contributed by atoms with Crippen molar-refractivity contribution in [2.75, 3.05) is 13.2 Å². The fourth-order valence-electron chi connectivity index (χ4n) is 1.10. The van der Waals surface area contributed by atoms with Gasteiger partial charge < -0.3 is 10.4 Å². The molecular formula is C9H15N3O2. The fraction of sp³-hybridized carbons (Fsp3) is 0.556. The Kier molecular flexibility index (Phi) is 3.64. The van der Waals surface area contributed by atoms with Gasteiger partial charge in [-0.25, -0.2) is 0 Å². The summed E-state index contributed by atoms with van der Waals surface area (Å²) in [6, 6.07) is 1.51. The number of aliphatic hydroxyl groups excluding tert-OH is 1. The zero-order chi connectivity index (χ0) is 10.6. The zero-order valence-corrected chi connectivity index (χ0v) is 8.40. The highest BCUT2D eigenvalue weighted by Crippen LogP contribution is 2.04. The standard InChI is InChI=1S/C9H15N3O2/c1-7-3-5-12(11-7)8(2)9(14)10-4-6-13/h3,5,8,13H,4,6H2,1-2H3,(H,10,14). The molecule has 0 saturated carbocycles. The molecular weight excluding hydrogens is 182 g/mol. The summed E-state index contributed by atoms with van der Waals surface area (Å²) in [5.74, 6) is -0.137. The normalized spacial score (nSPS) is 12.5. The minimum Gasteiger partial charge on any atom is -0.395 e. The molecule has 0 radical (unpaired) electrons. The molecule has 1 atom stereocenters. The Morgan fingerprint density at radius 1 is 1.79 bits per heavy atom. The quantitative estimate of drug-likeness (QED) is 0.706. The molecule has 0 aliphatic carbocycles. The van der Waals surface area contributed by atoms with Gasteiger partial charge in [-0.3, -0.25) is 9.48 Å². The Bertz CT molecular complexity index is 309. The zero-order valence-electron chi connectivity index (χ0n) is 8.40. The van der Waals surface area contributed by atoms with E-state index in [1.54, 1.807) is 17.8 Å².